The number of halogens is 1. The molecule has 0 aliphatic rings. The van der Waals surface area contributed by atoms with Crippen LogP contribution in [-0.4, -0.2) is 42.7 Å². The number of nitro groups is 1. The fourth-order valence-corrected chi connectivity index (χ4v) is 2.96. The van der Waals surface area contributed by atoms with E-state index in [-0.39, 0.29) is 22.0 Å². The van der Waals surface area contributed by atoms with Gasteiger partial charge < -0.3 is 24.3 Å². The van der Waals surface area contributed by atoms with E-state index in [1.807, 2.05) is 6.92 Å². The quantitative estimate of drug-likeness (QED) is 0.280. The van der Waals surface area contributed by atoms with Gasteiger partial charge in [0.1, 0.15) is 0 Å². The summed E-state index contributed by atoms with van der Waals surface area (Å²) in [5.74, 6) is -0.451. The maximum Gasteiger partial charge on any atom is 0.339 e. The van der Waals surface area contributed by atoms with Crippen LogP contribution in [0.1, 0.15) is 38.1 Å². The molecule has 0 radical (unpaired) electrons. The lowest BCUT2D eigenvalue weighted by Gasteiger charge is -2.18. The Kier molecular flexibility index (Phi) is 9.29. The number of rotatable bonds is 11. The van der Waals surface area contributed by atoms with Gasteiger partial charge in [-0.05, 0) is 45.9 Å². The van der Waals surface area contributed by atoms with Crippen LogP contribution >= 0.6 is 11.6 Å². The van der Waals surface area contributed by atoms with E-state index < -0.39 is 22.9 Å². The van der Waals surface area contributed by atoms with E-state index in [9.17, 15) is 19.7 Å². The molecule has 1 atom stereocenters. The van der Waals surface area contributed by atoms with Crippen molar-refractivity contribution in [2.75, 3.05) is 25.1 Å². The molecule has 0 aliphatic carbocycles. The zero-order valence-electron chi connectivity index (χ0n) is 18.7. The fraction of sp³-hybridized carbons (Fsp3) is 0.364. The maximum atomic E-state index is 12.7. The summed E-state index contributed by atoms with van der Waals surface area (Å²) in [4.78, 5) is 35.4. The van der Waals surface area contributed by atoms with Gasteiger partial charge in [-0.3, -0.25) is 14.9 Å². The number of benzene rings is 2. The lowest BCUT2D eigenvalue weighted by atomic mass is 10.1. The molecule has 0 saturated heterocycles. The van der Waals surface area contributed by atoms with Gasteiger partial charge in [0.25, 0.3) is 11.6 Å². The third-order valence-electron chi connectivity index (χ3n) is 4.22. The van der Waals surface area contributed by atoms with Crippen molar-refractivity contribution in [2.24, 2.45) is 0 Å². The van der Waals surface area contributed by atoms with E-state index >= 15 is 0 Å². The summed E-state index contributed by atoms with van der Waals surface area (Å²) in [6.45, 7) is 7.80. The first kappa shape index (κ1) is 25.7. The number of hydrogen-bond donors (Lipinski definition) is 1. The number of hydrogen-bond acceptors (Lipinski definition) is 8. The Morgan fingerprint density at radius 2 is 1.61 bits per heavy atom. The summed E-state index contributed by atoms with van der Waals surface area (Å²) in [5.41, 5.74) is 0.0371. The van der Waals surface area contributed by atoms with Gasteiger partial charge in [-0.2, -0.15) is 0 Å². The zero-order valence-corrected chi connectivity index (χ0v) is 19.4. The number of carbonyl (C=O) groups is 2. The van der Waals surface area contributed by atoms with E-state index in [1.165, 1.54) is 31.2 Å². The van der Waals surface area contributed by atoms with E-state index in [4.69, 9.17) is 30.5 Å². The predicted molar refractivity (Wildman–Crippen MR) is 122 cm³/mol. The smallest absolute Gasteiger partial charge is 0.339 e. The molecule has 0 saturated carbocycles. The molecule has 10 nitrogen and oxygen atoms in total. The number of nitro benzene ring substituents is 1. The molecule has 2 aromatic carbocycles. The minimum atomic E-state index is -1.19. The van der Waals surface area contributed by atoms with Crippen molar-refractivity contribution in [3.8, 4) is 17.2 Å². The van der Waals surface area contributed by atoms with Gasteiger partial charge >= 0.3 is 5.97 Å². The largest absolute Gasteiger partial charge is 0.490 e. The van der Waals surface area contributed by atoms with Crippen molar-refractivity contribution >= 4 is 34.9 Å². The third kappa shape index (κ3) is 6.72. The summed E-state index contributed by atoms with van der Waals surface area (Å²) in [5, 5.41) is 13.3. The lowest BCUT2D eigenvalue weighted by Crippen LogP contribution is -2.30. The van der Waals surface area contributed by atoms with E-state index in [0.29, 0.717) is 37.1 Å². The predicted octanol–water partition coefficient (Wildman–Crippen LogP) is 4.63. The summed E-state index contributed by atoms with van der Waals surface area (Å²) >= 11 is 5.99. The summed E-state index contributed by atoms with van der Waals surface area (Å²) in [6.07, 6.45) is -1.19. The van der Waals surface area contributed by atoms with Crippen LogP contribution in [0.4, 0.5) is 11.4 Å². The first-order valence-electron chi connectivity index (χ1n) is 10.2. The molecule has 178 valence electrons. The first-order chi connectivity index (χ1) is 15.7. The number of amides is 1. The van der Waals surface area contributed by atoms with Crippen LogP contribution in [0.5, 0.6) is 17.2 Å². The van der Waals surface area contributed by atoms with Crippen molar-refractivity contribution < 1.29 is 33.5 Å². The van der Waals surface area contributed by atoms with Crippen molar-refractivity contribution in [1.29, 1.82) is 0 Å². The van der Waals surface area contributed by atoms with Crippen molar-refractivity contribution in [1.82, 2.24) is 0 Å². The summed E-state index contributed by atoms with van der Waals surface area (Å²) in [6, 6.07) is 6.51. The topological polar surface area (TPSA) is 126 Å². The number of nitrogens with one attached hydrogen (secondary N) is 1. The fourth-order valence-electron chi connectivity index (χ4n) is 2.74. The number of carbonyl (C=O) groups excluding carboxylic acids is 2. The third-order valence-corrected chi connectivity index (χ3v) is 4.53. The first-order valence-corrected chi connectivity index (χ1v) is 10.6. The molecule has 1 N–H and O–H groups in total. The van der Waals surface area contributed by atoms with Gasteiger partial charge in [-0.15, -0.1) is 0 Å². The number of nitrogens with zero attached hydrogens (tertiary/aromatic N) is 1. The molecule has 0 fully saturated rings. The van der Waals surface area contributed by atoms with Crippen LogP contribution in [-0.2, 0) is 9.53 Å². The van der Waals surface area contributed by atoms with E-state index in [2.05, 4.69) is 5.32 Å². The monoisotopic (exact) mass is 480 g/mol. The van der Waals surface area contributed by atoms with Crippen molar-refractivity contribution in [3.63, 3.8) is 0 Å². The second kappa shape index (κ2) is 11.9. The maximum absolute atomic E-state index is 12.7. The van der Waals surface area contributed by atoms with Gasteiger partial charge in [0.2, 0.25) is 5.75 Å². The molecule has 0 heterocycles. The molecule has 1 unspecified atom stereocenters. The minimum Gasteiger partial charge on any atom is -0.490 e. The molecule has 1 amide bonds. The average Bonchev–Trinajstić information content (AvgIpc) is 2.77. The summed E-state index contributed by atoms with van der Waals surface area (Å²) in [7, 11) is 0. The Hall–Kier alpha value is -3.53. The van der Waals surface area contributed by atoms with Crippen LogP contribution in [0.25, 0.3) is 0 Å². The number of anilines is 1. The second-order valence-corrected chi connectivity index (χ2v) is 6.97. The van der Waals surface area contributed by atoms with E-state index in [1.54, 1.807) is 13.8 Å². The molecular weight excluding hydrogens is 456 g/mol. The Morgan fingerprint density at radius 3 is 2.09 bits per heavy atom. The zero-order chi connectivity index (χ0) is 24.5. The van der Waals surface area contributed by atoms with Crippen molar-refractivity contribution in [2.45, 2.75) is 33.8 Å². The Morgan fingerprint density at radius 1 is 1.03 bits per heavy atom. The van der Waals surface area contributed by atoms with Gasteiger partial charge in [0, 0.05) is 12.1 Å². The lowest BCUT2D eigenvalue weighted by molar-refractivity contribution is -0.384. The van der Waals surface area contributed by atoms with E-state index in [0.717, 1.165) is 6.07 Å². The number of esters is 1. The van der Waals surface area contributed by atoms with Crippen LogP contribution in [0.15, 0.2) is 30.3 Å². The highest BCUT2D eigenvalue weighted by Gasteiger charge is 2.24. The molecule has 0 aliphatic heterocycles. The summed E-state index contributed by atoms with van der Waals surface area (Å²) < 4.78 is 22.1. The van der Waals surface area contributed by atoms with Gasteiger partial charge in [-0.1, -0.05) is 11.6 Å². The van der Waals surface area contributed by atoms with Crippen LogP contribution < -0.4 is 19.5 Å². The Balaban J connectivity index is 2.19. The Bertz CT molecular complexity index is 1000. The van der Waals surface area contributed by atoms with Crippen LogP contribution in [0.2, 0.25) is 5.02 Å². The minimum absolute atomic E-state index is 0.0229. The SMILES string of the molecule is CCOc1cc(C(=O)OC(C)C(=O)Nc2ccc([N+](=O)[O-])cc2Cl)cc(OCC)c1OCC. The van der Waals surface area contributed by atoms with Gasteiger partial charge in [-0.25, -0.2) is 4.79 Å². The highest BCUT2D eigenvalue weighted by Crippen LogP contribution is 2.39. The normalized spacial score (nSPS) is 11.3. The number of non-ortho nitro benzene ring substituents is 1. The van der Waals surface area contributed by atoms with Gasteiger partial charge in [0.05, 0.1) is 41.0 Å². The Labute approximate surface area is 195 Å². The highest BCUT2D eigenvalue weighted by molar-refractivity contribution is 6.34. The molecule has 0 spiro atoms. The molecule has 33 heavy (non-hydrogen) atoms. The average molecular weight is 481 g/mol. The molecule has 2 rings (SSSR count). The van der Waals surface area contributed by atoms with Crippen LogP contribution in [0, 0.1) is 10.1 Å². The van der Waals surface area contributed by atoms with Crippen molar-refractivity contribution in [3.05, 3.63) is 51.0 Å². The molecule has 11 heteroatoms. The molecular formula is C22H25ClN2O8. The van der Waals surface area contributed by atoms with Crippen LogP contribution in [0.3, 0.4) is 0 Å². The molecule has 2 aromatic rings. The number of ether oxygens (including phenoxy) is 4. The molecule has 0 bridgehead atoms. The second-order valence-electron chi connectivity index (χ2n) is 6.56. The highest BCUT2D eigenvalue weighted by atomic mass is 35.5. The standard InChI is InChI=1S/C22H25ClN2O8/c1-5-30-18-10-14(11-19(31-6-2)20(18)32-7-3)22(27)33-13(4)21(26)24-17-9-8-15(25(28)29)12-16(17)23/h8-13H,5-7H2,1-4H3,(H,24,26). The molecule has 0 aromatic heterocycles. The van der Waals surface area contributed by atoms with Gasteiger partial charge in [0.15, 0.2) is 17.6 Å².